The Bertz CT molecular complexity index is 207. The SMILES string of the molecule is CC(C)(C)[Si](C)(C)OCCC#CCl. The van der Waals surface area contributed by atoms with E-state index < -0.39 is 8.32 Å². The van der Waals surface area contributed by atoms with Gasteiger partial charge in [0, 0.05) is 18.4 Å². The van der Waals surface area contributed by atoms with Crippen LogP contribution < -0.4 is 0 Å². The third-order valence-electron chi connectivity index (χ3n) is 2.56. The van der Waals surface area contributed by atoms with E-state index in [1.54, 1.807) is 0 Å². The molecule has 0 aromatic carbocycles. The largest absolute Gasteiger partial charge is 0.416 e. The first-order valence-electron chi connectivity index (χ1n) is 4.54. The van der Waals surface area contributed by atoms with Gasteiger partial charge in [0.2, 0.25) is 0 Å². The minimum absolute atomic E-state index is 0.279. The fraction of sp³-hybridized carbons (Fsp3) is 0.800. The smallest absolute Gasteiger partial charge is 0.192 e. The third kappa shape index (κ3) is 4.71. The molecule has 0 aliphatic heterocycles. The normalized spacial score (nSPS) is 12.2. The quantitative estimate of drug-likeness (QED) is 0.400. The number of rotatable bonds is 3. The molecule has 0 saturated carbocycles. The van der Waals surface area contributed by atoms with E-state index in [0.717, 1.165) is 6.42 Å². The first-order valence-corrected chi connectivity index (χ1v) is 7.82. The van der Waals surface area contributed by atoms with Crippen molar-refractivity contribution in [1.29, 1.82) is 0 Å². The van der Waals surface area contributed by atoms with Crippen molar-refractivity contribution in [2.24, 2.45) is 0 Å². The molecule has 3 heteroatoms. The van der Waals surface area contributed by atoms with E-state index in [2.05, 4.69) is 45.2 Å². The fourth-order valence-corrected chi connectivity index (χ4v) is 1.76. The molecule has 0 fully saturated rings. The summed E-state index contributed by atoms with van der Waals surface area (Å²) in [5, 5.41) is 2.63. The average molecular weight is 219 g/mol. The lowest BCUT2D eigenvalue weighted by atomic mass is 10.2. The molecule has 0 aromatic rings. The van der Waals surface area contributed by atoms with Crippen molar-refractivity contribution >= 4 is 19.9 Å². The van der Waals surface area contributed by atoms with Crippen molar-refractivity contribution in [3.05, 3.63) is 0 Å². The second kappa shape index (κ2) is 5.04. The molecule has 1 nitrogen and oxygen atoms in total. The summed E-state index contributed by atoms with van der Waals surface area (Å²) in [6.07, 6.45) is 0.732. The van der Waals surface area contributed by atoms with Crippen LogP contribution in [0.25, 0.3) is 0 Å². The molecule has 0 aliphatic carbocycles. The van der Waals surface area contributed by atoms with Crippen LogP contribution in [0.3, 0.4) is 0 Å². The maximum Gasteiger partial charge on any atom is 0.192 e. The van der Waals surface area contributed by atoms with Gasteiger partial charge in [-0.15, -0.1) is 0 Å². The van der Waals surface area contributed by atoms with Crippen LogP contribution in [0.15, 0.2) is 0 Å². The van der Waals surface area contributed by atoms with Crippen LogP contribution in [-0.2, 0) is 4.43 Å². The summed E-state index contributed by atoms with van der Waals surface area (Å²) in [6.45, 7) is 11.9. The average Bonchev–Trinajstić information content (AvgIpc) is 1.96. The van der Waals surface area contributed by atoms with Crippen molar-refractivity contribution in [1.82, 2.24) is 0 Å². The lowest BCUT2D eigenvalue weighted by molar-refractivity contribution is 0.296. The summed E-state index contributed by atoms with van der Waals surface area (Å²) in [6, 6.07) is 0. The number of halogens is 1. The lowest BCUT2D eigenvalue weighted by Crippen LogP contribution is -2.40. The van der Waals surface area contributed by atoms with Gasteiger partial charge >= 0.3 is 0 Å². The molecule has 0 saturated heterocycles. The van der Waals surface area contributed by atoms with E-state index in [0.29, 0.717) is 6.61 Å². The molecule has 0 radical (unpaired) electrons. The number of hydrogen-bond donors (Lipinski definition) is 0. The van der Waals surface area contributed by atoms with Gasteiger partial charge in [0.1, 0.15) is 0 Å². The summed E-state index contributed by atoms with van der Waals surface area (Å²) in [7, 11) is -1.57. The highest BCUT2D eigenvalue weighted by Gasteiger charge is 2.36. The third-order valence-corrected chi connectivity index (χ3v) is 7.23. The van der Waals surface area contributed by atoms with E-state index in [1.807, 2.05) is 0 Å². The topological polar surface area (TPSA) is 9.23 Å². The predicted molar refractivity (Wildman–Crippen MR) is 61.4 cm³/mol. The van der Waals surface area contributed by atoms with E-state index in [1.165, 1.54) is 0 Å². The summed E-state index contributed by atoms with van der Waals surface area (Å²) in [4.78, 5) is 0. The number of hydrogen-bond acceptors (Lipinski definition) is 1. The molecule has 0 atom stereocenters. The minimum Gasteiger partial charge on any atom is -0.416 e. The Morgan fingerprint density at radius 2 is 1.85 bits per heavy atom. The standard InChI is InChI=1S/C10H19ClOSi/c1-10(2,3)13(4,5)12-9-7-6-8-11/h7,9H2,1-5H3. The molecule has 76 valence electrons. The van der Waals surface area contributed by atoms with Crippen molar-refractivity contribution in [2.45, 2.75) is 45.3 Å². The van der Waals surface area contributed by atoms with Gasteiger partial charge in [-0.1, -0.05) is 26.7 Å². The molecule has 0 aromatic heterocycles. The summed E-state index contributed by atoms with van der Waals surface area (Å²) >= 11 is 5.24. The zero-order valence-corrected chi connectivity index (χ0v) is 11.0. The Morgan fingerprint density at radius 1 is 1.31 bits per heavy atom. The van der Waals surface area contributed by atoms with Crippen molar-refractivity contribution in [3.8, 4) is 11.3 Å². The molecule has 0 amide bonds. The molecule has 0 aliphatic rings. The Hall–Kier alpha value is 0.0269. The van der Waals surface area contributed by atoms with Crippen LogP contribution >= 0.6 is 11.6 Å². The maximum absolute atomic E-state index is 5.87. The van der Waals surface area contributed by atoms with Gasteiger partial charge in [-0.3, -0.25) is 0 Å². The van der Waals surface area contributed by atoms with Crippen LogP contribution in [0.5, 0.6) is 0 Å². The summed E-state index contributed by atoms with van der Waals surface area (Å²) < 4.78 is 5.87. The Morgan fingerprint density at radius 3 is 2.23 bits per heavy atom. The van der Waals surface area contributed by atoms with Crippen LogP contribution in [0, 0.1) is 11.3 Å². The highest BCUT2D eigenvalue weighted by Crippen LogP contribution is 2.36. The molecule has 0 heterocycles. The van der Waals surface area contributed by atoms with E-state index in [9.17, 15) is 0 Å². The molecule has 0 rings (SSSR count). The van der Waals surface area contributed by atoms with E-state index in [-0.39, 0.29) is 5.04 Å². The molecular weight excluding hydrogens is 200 g/mol. The monoisotopic (exact) mass is 218 g/mol. The van der Waals surface area contributed by atoms with Gasteiger partial charge < -0.3 is 4.43 Å². The van der Waals surface area contributed by atoms with Gasteiger partial charge in [0.05, 0.1) is 0 Å². The zero-order chi connectivity index (χ0) is 10.5. The highest BCUT2D eigenvalue weighted by atomic mass is 35.5. The summed E-state index contributed by atoms with van der Waals surface area (Å²) in [5.41, 5.74) is 0. The first-order chi connectivity index (χ1) is 5.81. The van der Waals surface area contributed by atoms with Gasteiger partial charge in [-0.25, -0.2) is 0 Å². The van der Waals surface area contributed by atoms with Gasteiger partial charge in [0.15, 0.2) is 8.32 Å². The van der Waals surface area contributed by atoms with Gasteiger partial charge in [0.25, 0.3) is 0 Å². The molecule has 0 spiro atoms. The van der Waals surface area contributed by atoms with Gasteiger partial charge in [-0.2, -0.15) is 0 Å². The van der Waals surface area contributed by atoms with Crippen LogP contribution in [0.1, 0.15) is 27.2 Å². The first kappa shape index (κ1) is 13.0. The maximum atomic E-state index is 5.87. The molecule has 0 bridgehead atoms. The summed E-state index contributed by atoms with van der Waals surface area (Å²) in [5.74, 6) is 2.78. The highest BCUT2D eigenvalue weighted by molar-refractivity contribution is 6.74. The van der Waals surface area contributed by atoms with Crippen LogP contribution in [-0.4, -0.2) is 14.9 Å². The lowest BCUT2D eigenvalue weighted by Gasteiger charge is -2.35. The Balaban J connectivity index is 3.94. The second-order valence-electron chi connectivity index (χ2n) is 4.63. The molecule has 0 unspecified atom stereocenters. The molecule has 0 N–H and O–H groups in total. The van der Waals surface area contributed by atoms with Crippen molar-refractivity contribution in [2.75, 3.05) is 6.61 Å². The van der Waals surface area contributed by atoms with E-state index in [4.69, 9.17) is 16.0 Å². The Kier molecular flexibility index (Phi) is 5.05. The zero-order valence-electron chi connectivity index (χ0n) is 9.20. The van der Waals surface area contributed by atoms with Crippen LogP contribution in [0.2, 0.25) is 18.1 Å². The second-order valence-corrected chi connectivity index (χ2v) is 9.63. The van der Waals surface area contributed by atoms with Crippen molar-refractivity contribution < 1.29 is 4.43 Å². The van der Waals surface area contributed by atoms with Crippen LogP contribution in [0.4, 0.5) is 0 Å². The van der Waals surface area contributed by atoms with Gasteiger partial charge in [-0.05, 0) is 29.7 Å². The van der Waals surface area contributed by atoms with E-state index >= 15 is 0 Å². The van der Waals surface area contributed by atoms with Crippen molar-refractivity contribution in [3.63, 3.8) is 0 Å². The Labute approximate surface area is 87.9 Å². The predicted octanol–water partition coefficient (Wildman–Crippen LogP) is 3.60. The molecule has 13 heavy (non-hydrogen) atoms. The molecular formula is C10H19ClOSi. The fourth-order valence-electron chi connectivity index (χ4n) is 0.621. The minimum atomic E-state index is -1.57.